The predicted octanol–water partition coefficient (Wildman–Crippen LogP) is 4.96. The molecule has 0 aliphatic heterocycles. The summed E-state index contributed by atoms with van der Waals surface area (Å²) < 4.78 is 41.1. The van der Waals surface area contributed by atoms with E-state index in [1.54, 1.807) is 12.4 Å². The molecule has 2 atom stereocenters. The number of nitrogens with two attached hydrogens (primary N) is 1. The Bertz CT molecular complexity index is 1210. The van der Waals surface area contributed by atoms with E-state index < -0.39 is 23.4 Å². The van der Waals surface area contributed by atoms with E-state index >= 15 is 0 Å². The molecule has 2 heterocycles. The first-order chi connectivity index (χ1) is 15.3. The maximum Gasteiger partial charge on any atom is 0.274 e. The summed E-state index contributed by atoms with van der Waals surface area (Å²) >= 11 is 0. The summed E-state index contributed by atoms with van der Waals surface area (Å²) in [5.74, 6) is -3.40. The molecule has 5 nitrogen and oxygen atoms in total. The molecule has 1 amide bonds. The number of carbonyl (C=O) groups excluding carboxylic acids is 1. The lowest BCUT2D eigenvalue weighted by molar-refractivity contribution is 0.102. The number of anilines is 1. The lowest BCUT2D eigenvalue weighted by Crippen LogP contribution is -2.25. The minimum Gasteiger partial charge on any atom is -0.324 e. The molecule has 2 unspecified atom stereocenters. The number of halogens is 3. The number of carbonyl (C=O) groups is 1. The second-order valence-electron chi connectivity index (χ2n) is 7.89. The van der Waals surface area contributed by atoms with Gasteiger partial charge in [-0.15, -0.1) is 0 Å². The monoisotopic (exact) mass is 438 g/mol. The van der Waals surface area contributed by atoms with E-state index in [1.807, 2.05) is 19.1 Å². The molecule has 1 aliphatic carbocycles. The van der Waals surface area contributed by atoms with Crippen LogP contribution in [0.25, 0.3) is 11.3 Å². The maximum absolute atomic E-state index is 14.3. The predicted molar refractivity (Wildman–Crippen MR) is 115 cm³/mol. The third-order valence-corrected chi connectivity index (χ3v) is 5.44. The SMILES string of the molecule is CC1=CC(N)CC(c2ccncc2NC(=O)c2ccc(F)c(-c3ccc(F)c(F)c3)n2)C1. The van der Waals surface area contributed by atoms with Crippen LogP contribution in [0.5, 0.6) is 0 Å². The average molecular weight is 438 g/mol. The van der Waals surface area contributed by atoms with Gasteiger partial charge in [0.1, 0.15) is 17.2 Å². The zero-order valence-electron chi connectivity index (χ0n) is 17.3. The Kier molecular flexibility index (Phi) is 6.05. The summed E-state index contributed by atoms with van der Waals surface area (Å²) in [5.41, 5.74) is 8.43. The number of nitrogens with zero attached hydrogens (tertiary/aromatic N) is 2. The minimum absolute atomic E-state index is 0.0246. The average Bonchev–Trinajstić information content (AvgIpc) is 2.75. The van der Waals surface area contributed by atoms with Crippen LogP contribution in [0.1, 0.15) is 41.7 Å². The number of amides is 1. The summed E-state index contributed by atoms with van der Waals surface area (Å²) in [6.07, 6.45) is 6.79. The fourth-order valence-corrected chi connectivity index (χ4v) is 4.01. The lowest BCUT2D eigenvalue weighted by Gasteiger charge is -2.27. The van der Waals surface area contributed by atoms with Crippen molar-refractivity contribution in [2.45, 2.75) is 31.7 Å². The van der Waals surface area contributed by atoms with Gasteiger partial charge in [-0.2, -0.15) is 0 Å². The second kappa shape index (κ2) is 8.92. The summed E-state index contributed by atoms with van der Waals surface area (Å²) in [7, 11) is 0. The third kappa shape index (κ3) is 4.55. The van der Waals surface area contributed by atoms with Crippen LogP contribution in [0.4, 0.5) is 18.9 Å². The van der Waals surface area contributed by atoms with Crippen molar-refractivity contribution in [3.05, 3.63) is 89.2 Å². The molecule has 164 valence electrons. The Morgan fingerprint density at radius 1 is 1.09 bits per heavy atom. The molecule has 3 aromatic rings. The van der Waals surface area contributed by atoms with Crippen molar-refractivity contribution in [2.75, 3.05) is 5.32 Å². The summed E-state index contributed by atoms with van der Waals surface area (Å²) in [6.45, 7) is 2.02. The smallest absolute Gasteiger partial charge is 0.274 e. The summed E-state index contributed by atoms with van der Waals surface area (Å²) in [5, 5.41) is 2.79. The van der Waals surface area contributed by atoms with Crippen molar-refractivity contribution in [1.82, 2.24) is 9.97 Å². The first-order valence-corrected chi connectivity index (χ1v) is 10.1. The molecule has 1 aliphatic rings. The number of allylic oxidation sites excluding steroid dienone is 1. The first-order valence-electron chi connectivity index (χ1n) is 10.1. The van der Waals surface area contributed by atoms with E-state index in [1.165, 1.54) is 17.7 Å². The number of hydrogen-bond donors (Lipinski definition) is 2. The molecule has 0 bridgehead atoms. The van der Waals surface area contributed by atoms with Gasteiger partial charge in [-0.25, -0.2) is 18.2 Å². The zero-order chi connectivity index (χ0) is 22.8. The van der Waals surface area contributed by atoms with Gasteiger partial charge >= 0.3 is 0 Å². The summed E-state index contributed by atoms with van der Waals surface area (Å²) in [6, 6.07) is 6.99. The van der Waals surface area contributed by atoms with Crippen LogP contribution >= 0.6 is 0 Å². The van der Waals surface area contributed by atoms with Crippen LogP contribution < -0.4 is 11.1 Å². The first kappa shape index (κ1) is 21.7. The van der Waals surface area contributed by atoms with Gasteiger partial charge in [-0.1, -0.05) is 11.6 Å². The van der Waals surface area contributed by atoms with E-state index in [2.05, 4.69) is 15.3 Å². The van der Waals surface area contributed by atoms with E-state index in [9.17, 15) is 18.0 Å². The third-order valence-electron chi connectivity index (χ3n) is 5.44. The molecule has 2 aromatic heterocycles. The maximum atomic E-state index is 14.3. The fourth-order valence-electron chi connectivity index (χ4n) is 4.01. The van der Waals surface area contributed by atoms with Gasteiger partial charge < -0.3 is 11.1 Å². The normalized spacial score (nSPS) is 18.2. The highest BCUT2D eigenvalue weighted by Crippen LogP contribution is 2.36. The van der Waals surface area contributed by atoms with Crippen LogP contribution in [0, 0.1) is 17.5 Å². The Hall–Kier alpha value is -3.52. The van der Waals surface area contributed by atoms with E-state index in [0.717, 1.165) is 36.6 Å². The van der Waals surface area contributed by atoms with Crippen LogP contribution in [0.15, 0.2) is 60.4 Å². The zero-order valence-corrected chi connectivity index (χ0v) is 17.3. The van der Waals surface area contributed by atoms with Crippen molar-refractivity contribution in [3.63, 3.8) is 0 Å². The molecule has 0 saturated carbocycles. The van der Waals surface area contributed by atoms with E-state index in [0.29, 0.717) is 5.69 Å². The number of pyridine rings is 2. The van der Waals surface area contributed by atoms with Gasteiger partial charge in [0, 0.05) is 17.8 Å². The molecular formula is C24H21F3N4O. The topological polar surface area (TPSA) is 80.9 Å². The number of rotatable bonds is 4. The Morgan fingerprint density at radius 3 is 2.62 bits per heavy atom. The van der Waals surface area contributed by atoms with Crippen LogP contribution in [0.3, 0.4) is 0 Å². The van der Waals surface area contributed by atoms with Crippen LogP contribution in [-0.4, -0.2) is 21.9 Å². The Balaban J connectivity index is 1.62. The molecule has 4 rings (SSSR count). The van der Waals surface area contributed by atoms with Crippen molar-refractivity contribution in [1.29, 1.82) is 0 Å². The standard InChI is InChI=1S/C24H21F3N4O/c1-13-8-15(10-16(28)9-13)17-6-7-29-12-22(17)31-24(32)21-5-4-19(26)23(30-21)14-2-3-18(25)20(27)11-14/h2-7,9,11-12,15-16H,8,10,28H2,1H3,(H,31,32). The minimum atomic E-state index is -1.13. The molecule has 32 heavy (non-hydrogen) atoms. The molecule has 8 heteroatoms. The number of aromatic nitrogens is 2. The van der Waals surface area contributed by atoms with Gasteiger partial charge in [-0.3, -0.25) is 9.78 Å². The van der Waals surface area contributed by atoms with Crippen molar-refractivity contribution in [2.24, 2.45) is 5.73 Å². The molecule has 0 fully saturated rings. The van der Waals surface area contributed by atoms with Crippen LogP contribution in [0.2, 0.25) is 0 Å². The largest absolute Gasteiger partial charge is 0.324 e. The highest BCUT2D eigenvalue weighted by atomic mass is 19.2. The molecule has 1 aromatic carbocycles. The number of nitrogens with one attached hydrogen (secondary N) is 1. The quantitative estimate of drug-likeness (QED) is 0.564. The number of hydrogen-bond acceptors (Lipinski definition) is 4. The van der Waals surface area contributed by atoms with E-state index in [4.69, 9.17) is 5.73 Å². The van der Waals surface area contributed by atoms with Crippen molar-refractivity contribution in [3.8, 4) is 11.3 Å². The van der Waals surface area contributed by atoms with Gasteiger partial charge in [0.25, 0.3) is 5.91 Å². The van der Waals surface area contributed by atoms with Crippen molar-refractivity contribution < 1.29 is 18.0 Å². The molecule has 0 spiro atoms. The lowest BCUT2D eigenvalue weighted by atomic mass is 9.82. The molecule has 3 N–H and O–H groups in total. The summed E-state index contributed by atoms with van der Waals surface area (Å²) in [4.78, 5) is 21.1. The van der Waals surface area contributed by atoms with E-state index in [-0.39, 0.29) is 28.9 Å². The fraction of sp³-hybridized carbons (Fsp3) is 0.208. The molecule has 0 radical (unpaired) electrons. The molecular weight excluding hydrogens is 417 g/mol. The second-order valence-corrected chi connectivity index (χ2v) is 7.89. The van der Waals surface area contributed by atoms with Crippen LogP contribution in [-0.2, 0) is 0 Å². The highest BCUT2D eigenvalue weighted by molar-refractivity contribution is 6.03. The number of benzene rings is 1. The van der Waals surface area contributed by atoms with Gasteiger partial charge in [-0.05, 0) is 67.6 Å². The van der Waals surface area contributed by atoms with Gasteiger partial charge in [0.05, 0.1) is 11.9 Å². The van der Waals surface area contributed by atoms with Crippen molar-refractivity contribution >= 4 is 11.6 Å². The highest BCUT2D eigenvalue weighted by Gasteiger charge is 2.23. The molecule has 0 saturated heterocycles. The Labute approximate surface area is 183 Å². The van der Waals surface area contributed by atoms with Gasteiger partial charge in [0.15, 0.2) is 11.6 Å². The Morgan fingerprint density at radius 2 is 1.88 bits per heavy atom. The van der Waals surface area contributed by atoms with Gasteiger partial charge in [0.2, 0.25) is 0 Å².